The summed E-state index contributed by atoms with van der Waals surface area (Å²) >= 11 is 0. The molecule has 0 aromatic heterocycles. The highest BCUT2D eigenvalue weighted by atomic mass is 16.5. The number of benzene rings is 2. The molecule has 7 heteroatoms. The quantitative estimate of drug-likeness (QED) is 0.443. The van der Waals surface area contributed by atoms with Crippen molar-refractivity contribution in [3.8, 4) is 17.2 Å². The van der Waals surface area contributed by atoms with E-state index < -0.39 is 12.0 Å². The van der Waals surface area contributed by atoms with Gasteiger partial charge in [0.15, 0.2) is 11.5 Å². The predicted octanol–water partition coefficient (Wildman–Crippen LogP) is 3.39. The van der Waals surface area contributed by atoms with E-state index in [9.17, 15) is 9.70 Å². The zero-order chi connectivity index (χ0) is 19.5. The molecule has 0 saturated carbocycles. The van der Waals surface area contributed by atoms with E-state index in [4.69, 9.17) is 18.9 Å². The summed E-state index contributed by atoms with van der Waals surface area (Å²) in [5.41, 5.74) is 0.821. The minimum absolute atomic E-state index is 0.259. The first-order valence-electron chi connectivity index (χ1n) is 8.55. The second-order valence-corrected chi connectivity index (χ2v) is 5.71. The molecule has 0 bridgehead atoms. The molecule has 27 heavy (non-hydrogen) atoms. The van der Waals surface area contributed by atoms with Crippen LogP contribution in [0.25, 0.3) is 0 Å². The summed E-state index contributed by atoms with van der Waals surface area (Å²) in [7, 11) is 2.97. The van der Waals surface area contributed by atoms with Crippen LogP contribution in [0, 0.1) is 4.91 Å². The summed E-state index contributed by atoms with van der Waals surface area (Å²) in [4.78, 5) is 21.8. The van der Waals surface area contributed by atoms with E-state index in [1.165, 1.54) is 7.11 Å². The van der Waals surface area contributed by atoms with Gasteiger partial charge < -0.3 is 18.9 Å². The van der Waals surface area contributed by atoms with Crippen molar-refractivity contribution in [3.63, 3.8) is 0 Å². The average molecular weight is 373 g/mol. The number of hydrogen-bond acceptors (Lipinski definition) is 6. The molecule has 1 atom stereocenters. The lowest BCUT2D eigenvalue weighted by Gasteiger charge is -2.12. The molecule has 1 unspecified atom stereocenters. The lowest BCUT2D eigenvalue weighted by atomic mass is 10.1. The van der Waals surface area contributed by atoms with E-state index in [2.05, 4.69) is 5.18 Å². The molecule has 2 aromatic rings. The van der Waals surface area contributed by atoms with E-state index in [1.807, 2.05) is 48.5 Å². The highest BCUT2D eigenvalue weighted by Gasteiger charge is 2.19. The van der Waals surface area contributed by atoms with Gasteiger partial charge in [-0.1, -0.05) is 24.3 Å². The summed E-state index contributed by atoms with van der Waals surface area (Å²) in [6.45, 7) is 0.965. The summed E-state index contributed by atoms with van der Waals surface area (Å²) in [5.74, 6) is 1.24. The van der Waals surface area contributed by atoms with Gasteiger partial charge in [0.25, 0.3) is 0 Å². The van der Waals surface area contributed by atoms with Crippen LogP contribution in [0.4, 0.5) is 0 Å². The predicted molar refractivity (Wildman–Crippen MR) is 100 cm³/mol. The third-order valence-corrected chi connectivity index (χ3v) is 3.85. The van der Waals surface area contributed by atoms with Crippen molar-refractivity contribution >= 4 is 5.91 Å². The minimum atomic E-state index is -0.882. The second kappa shape index (κ2) is 10.9. The highest BCUT2D eigenvalue weighted by molar-refractivity contribution is 5.81. The van der Waals surface area contributed by atoms with Crippen molar-refractivity contribution in [2.24, 2.45) is 5.18 Å². The third-order valence-electron chi connectivity index (χ3n) is 3.85. The summed E-state index contributed by atoms with van der Waals surface area (Å²) in [6, 6.07) is 14.8. The number of nitroso groups, excluding NO2 is 1. The number of methoxy groups -OCH3 is 2. The first-order chi connectivity index (χ1) is 13.2. The molecule has 0 fully saturated rings. The first kappa shape index (κ1) is 20.4. The van der Waals surface area contributed by atoms with E-state index >= 15 is 0 Å². The number of carbonyl (C=O) groups is 1. The number of para-hydroxylation sites is 2. The molecule has 144 valence electrons. The molecule has 1 amide bonds. The van der Waals surface area contributed by atoms with Crippen molar-refractivity contribution < 1.29 is 23.7 Å². The van der Waals surface area contributed by atoms with Crippen LogP contribution in [-0.2, 0) is 16.0 Å². The van der Waals surface area contributed by atoms with Gasteiger partial charge in [-0.3, -0.25) is 4.79 Å². The highest BCUT2D eigenvalue weighted by Crippen LogP contribution is 2.25. The molecule has 2 aromatic carbocycles. The lowest BCUT2D eigenvalue weighted by molar-refractivity contribution is -0.127. The van der Waals surface area contributed by atoms with Gasteiger partial charge in [0.05, 0.1) is 20.3 Å². The van der Waals surface area contributed by atoms with E-state index in [0.717, 1.165) is 5.56 Å². The zero-order valence-electron chi connectivity index (χ0n) is 15.4. The van der Waals surface area contributed by atoms with Gasteiger partial charge in [0, 0.05) is 25.1 Å². The molecular formula is C20H23NO6. The molecule has 7 nitrogen and oxygen atoms in total. The molecule has 0 spiro atoms. The number of hydrogen-bond donors (Lipinski definition) is 0. The maximum absolute atomic E-state index is 11.4. The Bertz CT molecular complexity index is 749. The number of nitrogens with zero attached hydrogens (tertiary/aromatic N) is 1. The van der Waals surface area contributed by atoms with Gasteiger partial charge in [-0.25, -0.2) is 0 Å². The number of rotatable bonds is 11. The van der Waals surface area contributed by atoms with Gasteiger partial charge in [-0.15, -0.1) is 4.91 Å². The zero-order valence-corrected chi connectivity index (χ0v) is 15.4. The van der Waals surface area contributed by atoms with Gasteiger partial charge in [-0.05, 0) is 29.8 Å². The molecular weight excluding hydrogens is 350 g/mol. The van der Waals surface area contributed by atoms with Crippen LogP contribution in [-0.4, -0.2) is 39.4 Å². The van der Waals surface area contributed by atoms with Crippen LogP contribution in [0.1, 0.15) is 12.0 Å². The summed E-state index contributed by atoms with van der Waals surface area (Å²) < 4.78 is 21.7. The Morgan fingerprint density at radius 3 is 2.44 bits per heavy atom. The van der Waals surface area contributed by atoms with Crippen molar-refractivity contribution in [3.05, 3.63) is 59.0 Å². The topological polar surface area (TPSA) is 83.4 Å². The maximum Gasteiger partial charge on any atom is 0.315 e. The Hall–Kier alpha value is -2.93. The van der Waals surface area contributed by atoms with Gasteiger partial charge in [-0.2, -0.15) is 0 Å². The van der Waals surface area contributed by atoms with Crippen molar-refractivity contribution in [1.29, 1.82) is 0 Å². The summed E-state index contributed by atoms with van der Waals surface area (Å²) in [6.07, 6.45) is 0.0677. The van der Waals surface area contributed by atoms with E-state index in [0.29, 0.717) is 36.9 Å². The fraction of sp³-hybridized carbons (Fsp3) is 0.350. The van der Waals surface area contributed by atoms with Crippen LogP contribution < -0.4 is 14.2 Å². The SMILES string of the molecule is COc1ccccc1OCCCOc1cccc(CC(OC)C(=O)N=O)c1. The lowest BCUT2D eigenvalue weighted by Crippen LogP contribution is -2.23. The molecule has 0 saturated heterocycles. The normalized spacial score (nSPS) is 11.5. The number of carbonyl (C=O) groups excluding carboxylic acids is 1. The smallest absolute Gasteiger partial charge is 0.315 e. The molecule has 0 radical (unpaired) electrons. The summed E-state index contributed by atoms with van der Waals surface area (Å²) in [5, 5.41) is 2.42. The minimum Gasteiger partial charge on any atom is -0.493 e. The van der Waals surface area contributed by atoms with Crippen molar-refractivity contribution in [2.75, 3.05) is 27.4 Å². The Balaban J connectivity index is 1.79. The van der Waals surface area contributed by atoms with Crippen molar-refractivity contribution in [1.82, 2.24) is 0 Å². The molecule has 2 rings (SSSR count). The van der Waals surface area contributed by atoms with Gasteiger partial charge in [0.1, 0.15) is 11.9 Å². The maximum atomic E-state index is 11.4. The van der Waals surface area contributed by atoms with Gasteiger partial charge >= 0.3 is 5.91 Å². The van der Waals surface area contributed by atoms with Crippen LogP contribution in [0.5, 0.6) is 17.2 Å². The van der Waals surface area contributed by atoms with Crippen LogP contribution >= 0.6 is 0 Å². The molecule has 0 N–H and O–H groups in total. The standard InChI is InChI=1S/C20H23NO6/c1-24-17-9-3-4-10-18(17)27-12-6-11-26-16-8-5-7-15(13-16)14-19(25-2)20(22)21-23/h3-5,7-10,13,19H,6,11-12,14H2,1-2H3. The molecule has 0 heterocycles. The van der Waals surface area contributed by atoms with Crippen LogP contribution in [0.2, 0.25) is 0 Å². The average Bonchev–Trinajstić information content (AvgIpc) is 2.71. The Labute approximate surface area is 158 Å². The van der Waals surface area contributed by atoms with E-state index in [1.54, 1.807) is 7.11 Å². The number of amides is 1. The van der Waals surface area contributed by atoms with Crippen LogP contribution in [0.3, 0.4) is 0 Å². The Morgan fingerprint density at radius 1 is 1.00 bits per heavy atom. The molecule has 0 aliphatic carbocycles. The largest absolute Gasteiger partial charge is 0.493 e. The molecule has 0 aliphatic rings. The van der Waals surface area contributed by atoms with E-state index in [-0.39, 0.29) is 6.42 Å². The van der Waals surface area contributed by atoms with Crippen molar-refractivity contribution in [2.45, 2.75) is 18.9 Å². The molecule has 0 aliphatic heterocycles. The van der Waals surface area contributed by atoms with Crippen LogP contribution in [0.15, 0.2) is 53.7 Å². The first-order valence-corrected chi connectivity index (χ1v) is 8.55. The Kier molecular flexibility index (Phi) is 8.25. The number of ether oxygens (including phenoxy) is 4. The Morgan fingerprint density at radius 2 is 1.74 bits per heavy atom. The van der Waals surface area contributed by atoms with Gasteiger partial charge in [0.2, 0.25) is 0 Å². The fourth-order valence-electron chi connectivity index (χ4n) is 2.48. The fourth-order valence-corrected chi connectivity index (χ4v) is 2.48. The monoisotopic (exact) mass is 373 g/mol. The third kappa shape index (κ3) is 6.38. The second-order valence-electron chi connectivity index (χ2n) is 5.71.